The Bertz CT molecular complexity index is 357. The molecule has 0 radical (unpaired) electrons. The Morgan fingerprint density at radius 2 is 2.23 bits per heavy atom. The van der Waals surface area contributed by atoms with Crippen LogP contribution in [0, 0.1) is 0 Å². The van der Waals surface area contributed by atoms with Gasteiger partial charge in [0.15, 0.2) is 5.60 Å². The van der Waals surface area contributed by atoms with Crippen LogP contribution in [0.5, 0.6) is 0 Å². The molecule has 68 valence electrons. The van der Waals surface area contributed by atoms with Gasteiger partial charge in [0.2, 0.25) is 0 Å². The zero-order valence-electron chi connectivity index (χ0n) is 7.58. The zero-order valence-corrected chi connectivity index (χ0v) is 7.58. The van der Waals surface area contributed by atoms with Crippen molar-refractivity contribution < 1.29 is 10.1 Å². The highest BCUT2D eigenvalue weighted by Gasteiger charge is 2.45. The molecule has 0 amide bonds. The van der Waals surface area contributed by atoms with Crippen LogP contribution >= 0.6 is 0 Å². The summed E-state index contributed by atoms with van der Waals surface area (Å²) in [5, 5.41) is 8.89. The molecule has 1 aliphatic rings. The van der Waals surface area contributed by atoms with Crippen molar-refractivity contribution in [3.8, 4) is 0 Å². The van der Waals surface area contributed by atoms with Crippen molar-refractivity contribution in [1.29, 1.82) is 0 Å². The number of benzene rings is 1. The Kier molecular flexibility index (Phi) is 1.75. The van der Waals surface area contributed by atoms with E-state index in [9.17, 15) is 0 Å². The van der Waals surface area contributed by atoms with Gasteiger partial charge in [0.05, 0.1) is 0 Å². The lowest BCUT2D eigenvalue weighted by molar-refractivity contribution is -0.323. The first kappa shape index (κ1) is 8.48. The van der Waals surface area contributed by atoms with Gasteiger partial charge in [-0.1, -0.05) is 30.8 Å². The monoisotopic (exact) mass is 176 g/mol. The zero-order chi connectivity index (χ0) is 9.47. The van der Waals surface area contributed by atoms with Gasteiger partial charge >= 0.3 is 0 Å². The molecule has 0 bridgehead atoms. The summed E-state index contributed by atoms with van der Waals surface area (Å²) < 4.78 is 0. The fraction of sp³-hybridized carbons (Fsp3) is 0.273. The highest BCUT2D eigenvalue weighted by molar-refractivity contribution is 5.48. The molecule has 13 heavy (non-hydrogen) atoms. The fourth-order valence-electron chi connectivity index (χ4n) is 1.87. The lowest BCUT2D eigenvalue weighted by atomic mass is 9.70. The van der Waals surface area contributed by atoms with Gasteiger partial charge in [0.1, 0.15) is 0 Å². The van der Waals surface area contributed by atoms with E-state index in [1.807, 2.05) is 31.2 Å². The number of hydrogen-bond acceptors (Lipinski definition) is 2. The van der Waals surface area contributed by atoms with Crippen LogP contribution in [0.25, 0.3) is 0 Å². The van der Waals surface area contributed by atoms with Crippen LogP contribution in [0.3, 0.4) is 0 Å². The highest BCUT2D eigenvalue weighted by atomic mass is 17.1. The summed E-state index contributed by atoms with van der Waals surface area (Å²) >= 11 is 0. The van der Waals surface area contributed by atoms with Crippen LogP contribution in [0.4, 0.5) is 0 Å². The molecular weight excluding hydrogens is 164 g/mol. The largest absolute Gasteiger partial charge is 0.251 e. The summed E-state index contributed by atoms with van der Waals surface area (Å²) in [4.78, 5) is 4.56. The summed E-state index contributed by atoms with van der Waals surface area (Å²) in [6, 6.07) is 7.92. The van der Waals surface area contributed by atoms with Crippen LogP contribution in [-0.2, 0) is 16.9 Å². The topological polar surface area (TPSA) is 29.5 Å². The van der Waals surface area contributed by atoms with Crippen molar-refractivity contribution in [2.45, 2.75) is 18.9 Å². The first-order valence-corrected chi connectivity index (χ1v) is 4.27. The first-order valence-electron chi connectivity index (χ1n) is 4.27. The van der Waals surface area contributed by atoms with E-state index in [0.29, 0.717) is 0 Å². The van der Waals surface area contributed by atoms with Crippen molar-refractivity contribution in [3.63, 3.8) is 0 Å². The Hall–Kier alpha value is -1.12. The van der Waals surface area contributed by atoms with E-state index >= 15 is 0 Å². The minimum absolute atomic E-state index is 0.642. The third kappa shape index (κ3) is 0.961. The number of fused-ring (bicyclic) bond motifs is 1. The molecule has 2 rings (SSSR count). The second kappa shape index (κ2) is 2.69. The summed E-state index contributed by atoms with van der Waals surface area (Å²) in [6.07, 6.45) is 0.717. The van der Waals surface area contributed by atoms with E-state index < -0.39 is 5.60 Å². The Balaban J connectivity index is 2.47. The third-order valence-electron chi connectivity index (χ3n) is 2.74. The van der Waals surface area contributed by atoms with Gasteiger partial charge in [0, 0.05) is 6.42 Å². The van der Waals surface area contributed by atoms with Gasteiger partial charge in [-0.2, -0.15) is 0 Å². The molecule has 0 aliphatic heterocycles. The average Bonchev–Trinajstić information content (AvgIpc) is 2.07. The van der Waals surface area contributed by atoms with Gasteiger partial charge in [-0.05, 0) is 23.6 Å². The molecule has 1 aromatic carbocycles. The molecule has 1 aliphatic carbocycles. The summed E-state index contributed by atoms with van der Waals surface area (Å²) in [5.74, 6) is 0. The minimum Gasteiger partial charge on any atom is -0.251 e. The van der Waals surface area contributed by atoms with E-state index in [2.05, 4.69) is 11.5 Å². The van der Waals surface area contributed by atoms with Crippen molar-refractivity contribution in [2.75, 3.05) is 0 Å². The summed E-state index contributed by atoms with van der Waals surface area (Å²) in [7, 11) is 0. The molecule has 0 fully saturated rings. The molecule has 0 aromatic heterocycles. The van der Waals surface area contributed by atoms with Gasteiger partial charge in [-0.25, -0.2) is 4.89 Å². The van der Waals surface area contributed by atoms with Crippen LogP contribution in [-0.4, -0.2) is 5.26 Å². The fourth-order valence-corrected chi connectivity index (χ4v) is 1.87. The lowest BCUT2D eigenvalue weighted by Gasteiger charge is -2.41. The standard InChI is InChI=1S/C11H12O2/c1-8(2)11(13-12)7-9-5-3-4-6-10(9)11/h3-6,12H,1,7H2,2H3. The smallest absolute Gasteiger partial charge is 0.153 e. The molecular formula is C11H12O2. The van der Waals surface area contributed by atoms with Crippen molar-refractivity contribution in [2.24, 2.45) is 0 Å². The lowest BCUT2D eigenvalue weighted by Crippen LogP contribution is -2.41. The van der Waals surface area contributed by atoms with E-state index in [4.69, 9.17) is 5.26 Å². The van der Waals surface area contributed by atoms with E-state index in [-0.39, 0.29) is 0 Å². The van der Waals surface area contributed by atoms with E-state index in [0.717, 1.165) is 17.6 Å². The third-order valence-corrected chi connectivity index (χ3v) is 2.74. The van der Waals surface area contributed by atoms with Crippen molar-refractivity contribution in [1.82, 2.24) is 0 Å². The maximum atomic E-state index is 8.89. The Labute approximate surface area is 77.4 Å². The minimum atomic E-state index is -0.642. The normalized spacial score (nSPS) is 24.8. The second-order valence-corrected chi connectivity index (χ2v) is 3.53. The molecule has 0 saturated carbocycles. The van der Waals surface area contributed by atoms with Crippen LogP contribution in [0.15, 0.2) is 36.4 Å². The van der Waals surface area contributed by atoms with Crippen molar-refractivity contribution >= 4 is 0 Å². The molecule has 0 heterocycles. The maximum absolute atomic E-state index is 8.89. The molecule has 1 aromatic rings. The molecule has 1 unspecified atom stereocenters. The predicted octanol–water partition coefficient (Wildman–Crippen LogP) is 2.50. The van der Waals surface area contributed by atoms with Crippen LogP contribution < -0.4 is 0 Å². The second-order valence-electron chi connectivity index (χ2n) is 3.53. The van der Waals surface area contributed by atoms with E-state index in [1.54, 1.807) is 0 Å². The molecule has 1 atom stereocenters. The quantitative estimate of drug-likeness (QED) is 0.426. The number of rotatable bonds is 2. The predicted molar refractivity (Wildman–Crippen MR) is 50.4 cm³/mol. The van der Waals surface area contributed by atoms with E-state index in [1.165, 1.54) is 5.56 Å². The summed E-state index contributed by atoms with van der Waals surface area (Å²) in [6.45, 7) is 5.70. The van der Waals surface area contributed by atoms with Crippen LogP contribution in [0.1, 0.15) is 18.1 Å². The van der Waals surface area contributed by atoms with Gasteiger partial charge in [-0.15, -0.1) is 0 Å². The SMILES string of the molecule is C=C(C)C1(OO)Cc2ccccc21. The van der Waals surface area contributed by atoms with Crippen LogP contribution in [0.2, 0.25) is 0 Å². The maximum Gasteiger partial charge on any atom is 0.153 e. The molecule has 2 nitrogen and oxygen atoms in total. The average molecular weight is 176 g/mol. The van der Waals surface area contributed by atoms with Crippen molar-refractivity contribution in [3.05, 3.63) is 47.5 Å². The molecule has 0 saturated heterocycles. The highest BCUT2D eigenvalue weighted by Crippen LogP contribution is 2.45. The first-order chi connectivity index (χ1) is 6.20. The Morgan fingerprint density at radius 3 is 2.77 bits per heavy atom. The van der Waals surface area contributed by atoms with Gasteiger partial charge in [-0.3, -0.25) is 5.26 Å². The van der Waals surface area contributed by atoms with Gasteiger partial charge in [0.25, 0.3) is 0 Å². The number of hydrogen-bond donors (Lipinski definition) is 1. The Morgan fingerprint density at radius 1 is 1.54 bits per heavy atom. The summed E-state index contributed by atoms with van der Waals surface area (Å²) in [5.41, 5.74) is 2.45. The molecule has 2 heteroatoms. The molecule has 0 spiro atoms. The van der Waals surface area contributed by atoms with Gasteiger partial charge < -0.3 is 0 Å². The molecule has 1 N–H and O–H groups in total.